The fraction of sp³-hybridized carbons (Fsp3) is 0.458. The number of nitrogens with one attached hydrogen (secondary N) is 2. The van der Waals surface area contributed by atoms with E-state index in [-0.39, 0.29) is 36.5 Å². The van der Waals surface area contributed by atoms with Crippen LogP contribution >= 0.6 is 24.0 Å². The summed E-state index contributed by atoms with van der Waals surface area (Å²) in [6.45, 7) is 8.76. The summed E-state index contributed by atoms with van der Waals surface area (Å²) in [6, 6.07) is 18.7. The van der Waals surface area contributed by atoms with Crippen molar-refractivity contribution in [2.45, 2.75) is 25.9 Å². The first-order valence-electron chi connectivity index (χ1n) is 10.8. The normalized spacial score (nSPS) is 15.7. The monoisotopic (exact) mass is 538 g/mol. The van der Waals surface area contributed by atoms with Crippen LogP contribution in [0.5, 0.6) is 0 Å². The molecule has 1 atom stereocenters. The molecule has 170 valence electrons. The lowest BCUT2D eigenvalue weighted by Crippen LogP contribution is -2.39. The zero-order valence-electron chi connectivity index (χ0n) is 18.3. The average Bonchev–Trinajstić information content (AvgIpc) is 2.79. The number of hydrogen-bond acceptors (Lipinski definition) is 4. The van der Waals surface area contributed by atoms with Gasteiger partial charge < -0.3 is 20.5 Å². The standard InChI is InChI=1S/C24H34N4O2.HI/c1-2-25-24(27-17-23(19-29)22-9-4-3-5-10-22)26-16-20-7-6-8-21(15-20)18-28-11-13-30-14-12-28;/h3-10,15,23,29H,2,11-14,16-19H2,1H3,(H2,25,26,27);1H. The predicted molar refractivity (Wildman–Crippen MR) is 137 cm³/mol. The molecule has 1 aliphatic heterocycles. The van der Waals surface area contributed by atoms with Crippen LogP contribution in [0, 0.1) is 0 Å². The Kier molecular flexibility index (Phi) is 11.9. The second-order valence-corrected chi connectivity index (χ2v) is 7.57. The molecule has 0 spiro atoms. The number of halogens is 1. The molecule has 1 aliphatic rings. The van der Waals surface area contributed by atoms with Gasteiger partial charge in [-0.05, 0) is 23.6 Å². The number of ether oxygens (including phenoxy) is 1. The molecule has 0 aromatic heterocycles. The zero-order chi connectivity index (χ0) is 21.0. The maximum absolute atomic E-state index is 9.78. The Morgan fingerprint density at radius 1 is 1.06 bits per heavy atom. The van der Waals surface area contributed by atoms with Crippen molar-refractivity contribution >= 4 is 29.9 Å². The molecule has 0 radical (unpaired) electrons. The number of hydrogen-bond donors (Lipinski definition) is 3. The third-order valence-corrected chi connectivity index (χ3v) is 5.27. The molecule has 0 aliphatic carbocycles. The van der Waals surface area contributed by atoms with Crippen LogP contribution in [0.25, 0.3) is 0 Å². The molecule has 7 heteroatoms. The molecule has 3 rings (SSSR count). The van der Waals surface area contributed by atoms with Crippen LogP contribution in [0.2, 0.25) is 0 Å². The SMILES string of the molecule is CCNC(=NCc1cccc(CN2CCOCC2)c1)NCC(CO)c1ccccc1.I. The summed E-state index contributed by atoms with van der Waals surface area (Å²) in [5.41, 5.74) is 3.63. The van der Waals surface area contributed by atoms with Crippen molar-refractivity contribution in [2.24, 2.45) is 4.99 Å². The summed E-state index contributed by atoms with van der Waals surface area (Å²) in [7, 11) is 0. The van der Waals surface area contributed by atoms with E-state index < -0.39 is 0 Å². The van der Waals surface area contributed by atoms with Gasteiger partial charge in [-0.1, -0.05) is 54.6 Å². The highest BCUT2D eigenvalue weighted by Crippen LogP contribution is 2.14. The van der Waals surface area contributed by atoms with Gasteiger partial charge in [0.2, 0.25) is 0 Å². The van der Waals surface area contributed by atoms with E-state index in [9.17, 15) is 5.11 Å². The minimum absolute atomic E-state index is 0. The second kappa shape index (κ2) is 14.4. The van der Waals surface area contributed by atoms with Crippen LogP contribution in [-0.4, -0.2) is 62.0 Å². The molecule has 31 heavy (non-hydrogen) atoms. The Morgan fingerprint density at radius 3 is 2.52 bits per heavy atom. The van der Waals surface area contributed by atoms with Crippen molar-refractivity contribution in [3.05, 3.63) is 71.3 Å². The van der Waals surface area contributed by atoms with E-state index in [0.29, 0.717) is 13.1 Å². The zero-order valence-corrected chi connectivity index (χ0v) is 20.6. The smallest absolute Gasteiger partial charge is 0.191 e. The largest absolute Gasteiger partial charge is 0.396 e. The molecule has 0 bridgehead atoms. The first-order chi connectivity index (χ1) is 14.8. The Morgan fingerprint density at radius 2 is 1.81 bits per heavy atom. The van der Waals surface area contributed by atoms with Gasteiger partial charge in [0.1, 0.15) is 0 Å². The van der Waals surface area contributed by atoms with Crippen molar-refractivity contribution < 1.29 is 9.84 Å². The number of aliphatic hydroxyl groups is 1. The Labute approximate surface area is 203 Å². The van der Waals surface area contributed by atoms with Gasteiger partial charge in [-0.3, -0.25) is 4.90 Å². The molecule has 0 saturated carbocycles. The fourth-order valence-electron chi connectivity index (χ4n) is 3.59. The molecule has 1 unspecified atom stereocenters. The highest BCUT2D eigenvalue weighted by Gasteiger charge is 2.12. The molecular formula is C24H35IN4O2. The third kappa shape index (κ3) is 8.76. The molecule has 3 N–H and O–H groups in total. The van der Waals surface area contributed by atoms with E-state index in [2.05, 4.69) is 46.7 Å². The van der Waals surface area contributed by atoms with Gasteiger partial charge in [0.25, 0.3) is 0 Å². The van der Waals surface area contributed by atoms with E-state index in [1.807, 2.05) is 30.3 Å². The number of rotatable bonds is 9. The van der Waals surface area contributed by atoms with Gasteiger partial charge >= 0.3 is 0 Å². The van der Waals surface area contributed by atoms with Crippen molar-refractivity contribution in [1.82, 2.24) is 15.5 Å². The molecular weight excluding hydrogens is 503 g/mol. The molecule has 1 heterocycles. The van der Waals surface area contributed by atoms with Crippen molar-refractivity contribution in [3.63, 3.8) is 0 Å². The van der Waals surface area contributed by atoms with E-state index >= 15 is 0 Å². The van der Waals surface area contributed by atoms with Crippen LogP contribution in [0.3, 0.4) is 0 Å². The number of aliphatic hydroxyl groups excluding tert-OH is 1. The van der Waals surface area contributed by atoms with Gasteiger partial charge in [-0.15, -0.1) is 24.0 Å². The highest BCUT2D eigenvalue weighted by atomic mass is 127. The molecule has 2 aromatic carbocycles. The topological polar surface area (TPSA) is 69.1 Å². The molecule has 6 nitrogen and oxygen atoms in total. The van der Waals surface area contributed by atoms with Crippen LogP contribution in [0.4, 0.5) is 0 Å². The van der Waals surface area contributed by atoms with Crippen LogP contribution in [-0.2, 0) is 17.8 Å². The van der Waals surface area contributed by atoms with Crippen molar-refractivity contribution in [3.8, 4) is 0 Å². The van der Waals surface area contributed by atoms with Crippen molar-refractivity contribution in [2.75, 3.05) is 46.0 Å². The van der Waals surface area contributed by atoms with Gasteiger partial charge in [-0.2, -0.15) is 0 Å². The van der Waals surface area contributed by atoms with Crippen LogP contribution in [0.15, 0.2) is 59.6 Å². The van der Waals surface area contributed by atoms with Crippen LogP contribution in [0.1, 0.15) is 29.5 Å². The Hall–Kier alpha value is -1.68. The van der Waals surface area contributed by atoms with Gasteiger partial charge in [0.05, 0.1) is 26.4 Å². The van der Waals surface area contributed by atoms with E-state index in [4.69, 9.17) is 9.73 Å². The first kappa shape index (κ1) is 25.6. The lowest BCUT2D eigenvalue weighted by molar-refractivity contribution is 0.0342. The van der Waals surface area contributed by atoms with Gasteiger partial charge in [0.15, 0.2) is 5.96 Å². The lowest BCUT2D eigenvalue weighted by Gasteiger charge is -2.26. The van der Waals surface area contributed by atoms with E-state index in [1.165, 1.54) is 11.1 Å². The second-order valence-electron chi connectivity index (χ2n) is 7.57. The predicted octanol–water partition coefficient (Wildman–Crippen LogP) is 2.97. The summed E-state index contributed by atoms with van der Waals surface area (Å²) in [5, 5.41) is 16.5. The van der Waals surface area contributed by atoms with Crippen LogP contribution < -0.4 is 10.6 Å². The maximum atomic E-state index is 9.78. The number of nitrogens with zero attached hydrogens (tertiary/aromatic N) is 2. The van der Waals surface area contributed by atoms with E-state index in [1.54, 1.807) is 0 Å². The summed E-state index contributed by atoms with van der Waals surface area (Å²) in [6.07, 6.45) is 0. The quantitative estimate of drug-likeness (QED) is 0.260. The number of guanidine groups is 1. The Balaban J connectivity index is 0.00000341. The van der Waals surface area contributed by atoms with Crippen molar-refractivity contribution in [1.29, 1.82) is 0 Å². The van der Waals surface area contributed by atoms with Gasteiger partial charge in [0, 0.05) is 38.6 Å². The maximum Gasteiger partial charge on any atom is 0.191 e. The summed E-state index contributed by atoms with van der Waals surface area (Å²) in [4.78, 5) is 7.18. The summed E-state index contributed by atoms with van der Waals surface area (Å²) in [5.74, 6) is 0.803. The summed E-state index contributed by atoms with van der Waals surface area (Å²) < 4.78 is 5.44. The summed E-state index contributed by atoms with van der Waals surface area (Å²) >= 11 is 0. The third-order valence-electron chi connectivity index (χ3n) is 5.27. The average molecular weight is 538 g/mol. The molecule has 1 saturated heterocycles. The van der Waals surface area contributed by atoms with E-state index in [0.717, 1.165) is 50.9 Å². The minimum Gasteiger partial charge on any atom is -0.396 e. The minimum atomic E-state index is 0. The molecule has 2 aromatic rings. The number of benzene rings is 2. The number of morpholine rings is 1. The first-order valence-corrected chi connectivity index (χ1v) is 10.8. The fourth-order valence-corrected chi connectivity index (χ4v) is 3.59. The highest BCUT2D eigenvalue weighted by molar-refractivity contribution is 14.0. The van der Waals surface area contributed by atoms with Gasteiger partial charge in [-0.25, -0.2) is 4.99 Å². The number of aliphatic imine (C=N–C) groups is 1. The molecule has 0 amide bonds. The lowest BCUT2D eigenvalue weighted by atomic mass is 10.0. The Bertz CT molecular complexity index is 782. The molecule has 1 fully saturated rings.